The van der Waals surface area contributed by atoms with E-state index in [1.54, 1.807) is 0 Å². The van der Waals surface area contributed by atoms with E-state index >= 15 is 0 Å². The van der Waals surface area contributed by atoms with E-state index in [0.717, 1.165) is 5.92 Å². The summed E-state index contributed by atoms with van der Waals surface area (Å²) in [6, 6.07) is 0. The Labute approximate surface area is 140 Å². The van der Waals surface area contributed by atoms with Crippen molar-refractivity contribution in [3.63, 3.8) is 0 Å². The van der Waals surface area contributed by atoms with Crippen LogP contribution in [0.2, 0.25) is 0 Å². The smallest absolute Gasteiger partial charge is 0 e. The van der Waals surface area contributed by atoms with Gasteiger partial charge in [0.2, 0.25) is 0 Å². The summed E-state index contributed by atoms with van der Waals surface area (Å²) in [5.74, 6) is 1.02. The minimum Gasteiger partial charge on any atom is -0.0654 e. The summed E-state index contributed by atoms with van der Waals surface area (Å²) in [7, 11) is 0. The van der Waals surface area contributed by atoms with Crippen LogP contribution in [0.4, 0.5) is 0 Å². The Morgan fingerprint density at radius 1 is 0.667 bits per heavy atom. The van der Waals surface area contributed by atoms with Crippen LogP contribution in [0.15, 0.2) is 0 Å². The molecule has 0 aliphatic rings. The van der Waals surface area contributed by atoms with Crippen LogP contribution >= 0.6 is 0 Å². The molecule has 1 unspecified atom stereocenters. The standard InChI is InChI=1S/C14H30.K/c1-4-7-9-10-11-13-14(6-3)12-8-5-2;/h14H,4-13H2,1-3H3;. The van der Waals surface area contributed by atoms with Crippen molar-refractivity contribution in [1.82, 2.24) is 0 Å². The van der Waals surface area contributed by atoms with E-state index < -0.39 is 0 Å². The zero-order chi connectivity index (χ0) is 10.6. The first-order valence-electron chi connectivity index (χ1n) is 6.85. The number of rotatable bonds is 10. The Hall–Kier alpha value is 1.64. The molecule has 0 aliphatic heterocycles. The maximum Gasteiger partial charge on any atom is 0 e. The predicted octanol–water partition coefficient (Wildman–Crippen LogP) is 5.18. The zero-order valence-electron chi connectivity index (χ0n) is 11.6. The van der Waals surface area contributed by atoms with Gasteiger partial charge >= 0.3 is 0 Å². The topological polar surface area (TPSA) is 0 Å². The van der Waals surface area contributed by atoms with Gasteiger partial charge in [0, 0.05) is 51.4 Å². The summed E-state index contributed by atoms with van der Waals surface area (Å²) in [6.45, 7) is 6.94. The van der Waals surface area contributed by atoms with Gasteiger partial charge in [-0.05, 0) is 5.92 Å². The van der Waals surface area contributed by atoms with Gasteiger partial charge in [-0.3, -0.25) is 0 Å². The molecule has 0 aromatic carbocycles. The van der Waals surface area contributed by atoms with Crippen molar-refractivity contribution in [3.05, 3.63) is 0 Å². The summed E-state index contributed by atoms with van der Waals surface area (Å²) in [5, 5.41) is 0. The van der Waals surface area contributed by atoms with Gasteiger partial charge in [-0.1, -0.05) is 85.0 Å². The number of hydrogen-bond donors (Lipinski definition) is 0. The fourth-order valence-electron chi connectivity index (χ4n) is 2.08. The largest absolute Gasteiger partial charge is 0.0654 e. The Bertz CT molecular complexity index is 102. The summed E-state index contributed by atoms with van der Waals surface area (Å²) >= 11 is 0. The van der Waals surface area contributed by atoms with E-state index in [4.69, 9.17) is 0 Å². The van der Waals surface area contributed by atoms with Gasteiger partial charge in [-0.2, -0.15) is 0 Å². The minimum atomic E-state index is 0. The van der Waals surface area contributed by atoms with Gasteiger partial charge < -0.3 is 0 Å². The van der Waals surface area contributed by atoms with Gasteiger partial charge in [-0.25, -0.2) is 0 Å². The van der Waals surface area contributed by atoms with Crippen LogP contribution in [0.3, 0.4) is 0 Å². The van der Waals surface area contributed by atoms with E-state index in [2.05, 4.69) is 20.8 Å². The van der Waals surface area contributed by atoms with Crippen molar-refractivity contribution in [2.75, 3.05) is 0 Å². The fourth-order valence-corrected chi connectivity index (χ4v) is 2.08. The second kappa shape index (κ2) is 15.6. The fraction of sp³-hybridized carbons (Fsp3) is 1.00. The molecule has 0 aliphatic carbocycles. The predicted molar refractivity (Wildman–Crippen MR) is 72.4 cm³/mol. The van der Waals surface area contributed by atoms with Crippen LogP contribution in [0.5, 0.6) is 0 Å². The van der Waals surface area contributed by atoms with Crippen molar-refractivity contribution in [2.24, 2.45) is 5.92 Å². The van der Waals surface area contributed by atoms with Crippen LogP contribution < -0.4 is 0 Å². The first kappa shape index (κ1) is 19.0. The summed E-state index contributed by atoms with van der Waals surface area (Å²) < 4.78 is 0. The molecule has 0 saturated heterocycles. The molecule has 15 heavy (non-hydrogen) atoms. The van der Waals surface area contributed by atoms with Gasteiger partial charge in [0.1, 0.15) is 0 Å². The number of hydrogen-bond acceptors (Lipinski definition) is 0. The first-order chi connectivity index (χ1) is 6.85. The van der Waals surface area contributed by atoms with Crippen molar-refractivity contribution < 1.29 is 0 Å². The van der Waals surface area contributed by atoms with E-state index in [-0.39, 0.29) is 51.4 Å². The molecule has 0 saturated carbocycles. The average Bonchev–Trinajstić information content (AvgIpc) is 2.22. The second-order valence-corrected chi connectivity index (χ2v) is 4.62. The van der Waals surface area contributed by atoms with Crippen LogP contribution in [-0.4, -0.2) is 51.4 Å². The van der Waals surface area contributed by atoms with Crippen molar-refractivity contribution in [3.8, 4) is 0 Å². The Kier molecular flexibility index (Phi) is 19.8. The molecule has 1 radical (unpaired) electrons. The first-order valence-corrected chi connectivity index (χ1v) is 6.85. The Balaban J connectivity index is 0. The summed E-state index contributed by atoms with van der Waals surface area (Å²) in [5.41, 5.74) is 0. The van der Waals surface area contributed by atoms with Crippen molar-refractivity contribution in [1.29, 1.82) is 0 Å². The molecule has 0 rings (SSSR count). The molecule has 0 fully saturated rings. The summed E-state index contributed by atoms with van der Waals surface area (Å²) in [4.78, 5) is 0. The van der Waals surface area contributed by atoms with Crippen molar-refractivity contribution >= 4 is 51.4 Å². The molecule has 0 N–H and O–H groups in total. The third-order valence-electron chi connectivity index (χ3n) is 3.26. The molecule has 1 atom stereocenters. The Morgan fingerprint density at radius 3 is 1.73 bits per heavy atom. The molecule has 87 valence electrons. The molecule has 0 amide bonds. The van der Waals surface area contributed by atoms with Gasteiger partial charge in [-0.15, -0.1) is 0 Å². The molecule has 0 aromatic rings. The molecule has 0 nitrogen and oxygen atoms in total. The maximum absolute atomic E-state index is 2.35. The monoisotopic (exact) mass is 237 g/mol. The molecule has 1 heteroatoms. The van der Waals surface area contributed by atoms with E-state index in [9.17, 15) is 0 Å². The average molecular weight is 237 g/mol. The van der Waals surface area contributed by atoms with Gasteiger partial charge in [0.05, 0.1) is 0 Å². The summed E-state index contributed by atoms with van der Waals surface area (Å²) in [6.07, 6.45) is 14.4. The van der Waals surface area contributed by atoms with E-state index in [1.165, 1.54) is 64.2 Å². The molecule has 0 bridgehead atoms. The maximum atomic E-state index is 2.35. The molecule has 0 aromatic heterocycles. The van der Waals surface area contributed by atoms with Crippen LogP contribution in [-0.2, 0) is 0 Å². The molecule has 0 heterocycles. The van der Waals surface area contributed by atoms with E-state index in [1.807, 2.05) is 0 Å². The third kappa shape index (κ3) is 13.6. The zero-order valence-corrected chi connectivity index (χ0v) is 14.8. The van der Waals surface area contributed by atoms with Crippen LogP contribution in [0, 0.1) is 5.92 Å². The number of unbranched alkanes of at least 4 members (excludes halogenated alkanes) is 5. The second-order valence-electron chi connectivity index (χ2n) is 4.62. The quantitative estimate of drug-likeness (QED) is 0.363. The van der Waals surface area contributed by atoms with Gasteiger partial charge in [0.25, 0.3) is 0 Å². The molecular formula is C14H30K. The van der Waals surface area contributed by atoms with Crippen molar-refractivity contribution in [2.45, 2.75) is 85.0 Å². The van der Waals surface area contributed by atoms with Gasteiger partial charge in [0.15, 0.2) is 0 Å². The van der Waals surface area contributed by atoms with Crippen LogP contribution in [0.25, 0.3) is 0 Å². The SMILES string of the molecule is CCCCCCCC(CC)CCCC.[K]. The third-order valence-corrected chi connectivity index (χ3v) is 3.26. The molecule has 0 spiro atoms. The normalized spacial score (nSPS) is 12.2. The Morgan fingerprint density at radius 2 is 1.20 bits per heavy atom. The van der Waals surface area contributed by atoms with Crippen LogP contribution in [0.1, 0.15) is 85.0 Å². The molecular weight excluding hydrogens is 207 g/mol. The van der Waals surface area contributed by atoms with E-state index in [0.29, 0.717) is 0 Å². The minimum absolute atomic E-state index is 0.